The molecule has 5 saturated carbocycles. The van der Waals surface area contributed by atoms with Crippen LogP contribution in [0.15, 0.2) is 24.3 Å². The molecular weight excluding hydrogens is 995 g/mol. The number of esters is 1. The molecule has 1 aromatic carbocycles. The summed E-state index contributed by atoms with van der Waals surface area (Å²) in [6, 6.07) is 7.09. The molecule has 9 aliphatic rings. The van der Waals surface area contributed by atoms with Gasteiger partial charge in [0.05, 0.1) is 49.1 Å². The number of aldehydes is 1. The van der Waals surface area contributed by atoms with Gasteiger partial charge >= 0.3 is 5.97 Å². The second-order valence-corrected chi connectivity index (χ2v) is 25.9. The van der Waals surface area contributed by atoms with Crippen molar-refractivity contribution in [2.24, 2.45) is 50.2 Å². The number of rotatable bonds is 12. The first-order chi connectivity index (χ1) is 35.7. The van der Waals surface area contributed by atoms with Crippen LogP contribution in [0.4, 0.5) is 5.69 Å². The Morgan fingerprint density at radius 2 is 1.33 bits per heavy atom. The van der Waals surface area contributed by atoms with Gasteiger partial charge in [-0.15, -0.1) is 0 Å². The highest BCUT2D eigenvalue weighted by atomic mass is 16.8. The Balaban J connectivity index is 0.887. The van der Waals surface area contributed by atoms with Crippen LogP contribution in [-0.2, 0) is 42.7 Å². The van der Waals surface area contributed by atoms with E-state index in [0.717, 1.165) is 32.0 Å². The first-order valence-electron chi connectivity index (χ1n) is 27.4. The van der Waals surface area contributed by atoms with Gasteiger partial charge in [0, 0.05) is 29.5 Å². The van der Waals surface area contributed by atoms with E-state index < -0.39 is 151 Å². The Hall–Kier alpha value is -2.52. The van der Waals surface area contributed by atoms with Crippen molar-refractivity contribution in [3.8, 4) is 0 Å². The zero-order valence-electron chi connectivity index (χ0n) is 44.8. The van der Waals surface area contributed by atoms with Crippen molar-refractivity contribution in [1.29, 1.82) is 0 Å². The van der Waals surface area contributed by atoms with Crippen molar-refractivity contribution in [1.82, 2.24) is 0 Å². The van der Waals surface area contributed by atoms with E-state index in [2.05, 4.69) is 46.9 Å². The molecule has 21 nitrogen and oxygen atoms in total. The number of para-hydroxylation sites is 1. The van der Waals surface area contributed by atoms with E-state index >= 15 is 0 Å². The number of benzene rings is 1. The third kappa shape index (κ3) is 8.33. The van der Waals surface area contributed by atoms with Crippen LogP contribution in [0.2, 0.25) is 0 Å². The summed E-state index contributed by atoms with van der Waals surface area (Å²) in [7, 11) is 1.73. The lowest BCUT2D eigenvalue weighted by atomic mass is 9.31. The normalized spacial score (nSPS) is 53.4. The zero-order chi connectivity index (χ0) is 55.0. The van der Waals surface area contributed by atoms with Crippen molar-refractivity contribution in [3.05, 3.63) is 29.8 Å². The van der Waals surface area contributed by atoms with E-state index in [4.69, 9.17) is 37.9 Å². The molecular formula is C55H83NO20. The highest BCUT2D eigenvalue weighted by molar-refractivity contribution is 5.95. The first kappa shape index (κ1) is 56.7. The lowest BCUT2D eigenvalue weighted by Crippen LogP contribution is -2.73. The average molecular weight is 1080 g/mol. The highest BCUT2D eigenvalue weighted by Crippen LogP contribution is 2.83. The molecule has 76 heavy (non-hydrogen) atoms. The van der Waals surface area contributed by atoms with E-state index in [-0.39, 0.29) is 41.3 Å². The molecule has 27 unspecified atom stereocenters. The van der Waals surface area contributed by atoms with E-state index in [1.54, 1.807) is 25.2 Å². The molecule has 27 atom stereocenters. The van der Waals surface area contributed by atoms with Gasteiger partial charge in [-0.05, 0) is 98.5 Å². The smallest absolute Gasteiger partial charge is 0.340 e. The minimum absolute atomic E-state index is 0.0857. The summed E-state index contributed by atoms with van der Waals surface area (Å²) in [5.74, 6) is -0.497. The Bertz CT molecular complexity index is 2310. The lowest BCUT2D eigenvalue weighted by Gasteiger charge is -2.73. The fourth-order valence-electron chi connectivity index (χ4n) is 17.2. The number of hydrogen-bond donors (Lipinski definition) is 11. The summed E-state index contributed by atoms with van der Waals surface area (Å²) in [4.78, 5) is 27.2. The van der Waals surface area contributed by atoms with E-state index in [0.29, 0.717) is 36.9 Å². The number of aliphatic hydroxyl groups excluding tert-OH is 10. The molecule has 1 aromatic rings. The summed E-state index contributed by atoms with van der Waals surface area (Å²) in [5.41, 5.74) is -3.02. The molecule has 5 aliphatic carbocycles. The minimum Gasteiger partial charge on any atom is -0.458 e. The number of carbonyl (C=O) groups excluding carboxylic acids is 2. The summed E-state index contributed by atoms with van der Waals surface area (Å²) >= 11 is 0. The molecule has 4 saturated heterocycles. The van der Waals surface area contributed by atoms with Gasteiger partial charge in [-0.25, -0.2) is 4.79 Å². The van der Waals surface area contributed by atoms with Crippen LogP contribution in [0.5, 0.6) is 0 Å². The van der Waals surface area contributed by atoms with Gasteiger partial charge in [0.25, 0.3) is 0 Å². The second-order valence-electron chi connectivity index (χ2n) is 25.9. The fourth-order valence-corrected chi connectivity index (χ4v) is 17.2. The monoisotopic (exact) mass is 1080 g/mol. The first-order valence-corrected chi connectivity index (χ1v) is 27.4. The van der Waals surface area contributed by atoms with Crippen molar-refractivity contribution in [3.63, 3.8) is 0 Å². The summed E-state index contributed by atoms with van der Waals surface area (Å²) in [6.45, 7) is 13.5. The number of fused-ring (bicyclic) bond motifs is 5. The number of hydrogen-bond acceptors (Lipinski definition) is 21. The van der Waals surface area contributed by atoms with Crippen LogP contribution in [0, 0.1) is 50.2 Å². The largest absolute Gasteiger partial charge is 0.458 e. The maximum Gasteiger partial charge on any atom is 0.340 e. The van der Waals surface area contributed by atoms with Crippen molar-refractivity contribution < 1.29 is 98.5 Å². The van der Waals surface area contributed by atoms with Crippen LogP contribution in [0.3, 0.4) is 0 Å². The van der Waals surface area contributed by atoms with Crippen LogP contribution < -0.4 is 5.32 Å². The number of anilines is 1. The SMILES string of the molecule is CNc1ccccc1C(=O)OC1CC2(C)C(O)CC3(C)C4(C)CCC5C(C)(C)C(OC6OCC(OC7OC(CO)C(O)C(O)C7O)C(O)C6OC6OC(CO)C(O)C(O)C6O)CCC5(C)C4CC4OC43C2CC1(C)C=O. The molecule has 10 rings (SSSR count). The Kier molecular flexibility index (Phi) is 14.8. The Morgan fingerprint density at radius 1 is 0.697 bits per heavy atom. The number of carbonyl (C=O) groups is 2. The quantitative estimate of drug-likeness (QED) is 0.0588. The lowest BCUT2D eigenvalue weighted by molar-refractivity contribution is -0.382. The van der Waals surface area contributed by atoms with Gasteiger partial charge < -0.3 is 99.1 Å². The van der Waals surface area contributed by atoms with Crippen LogP contribution in [0.1, 0.15) is 110 Å². The maximum atomic E-state index is 13.8. The van der Waals surface area contributed by atoms with Gasteiger partial charge in [0.15, 0.2) is 18.9 Å². The van der Waals surface area contributed by atoms with Crippen LogP contribution in [0.25, 0.3) is 0 Å². The second kappa shape index (κ2) is 19.9. The number of aliphatic hydroxyl groups is 10. The molecule has 1 spiro atoms. The zero-order valence-corrected chi connectivity index (χ0v) is 44.8. The average Bonchev–Trinajstić information content (AvgIpc) is 4.14. The minimum atomic E-state index is -1.85. The predicted molar refractivity (Wildman–Crippen MR) is 264 cm³/mol. The third-order valence-corrected chi connectivity index (χ3v) is 21.9. The molecule has 11 N–H and O–H groups in total. The van der Waals surface area contributed by atoms with Crippen molar-refractivity contribution in [2.75, 3.05) is 32.2 Å². The molecule has 0 amide bonds. The summed E-state index contributed by atoms with van der Waals surface area (Å²) < 4.78 is 50.2. The van der Waals surface area contributed by atoms with Gasteiger partial charge in [-0.1, -0.05) is 53.7 Å². The summed E-state index contributed by atoms with van der Waals surface area (Å²) in [6.07, 6.45) is -19.0. The van der Waals surface area contributed by atoms with Gasteiger partial charge in [-0.2, -0.15) is 0 Å². The van der Waals surface area contributed by atoms with Crippen LogP contribution >= 0.6 is 0 Å². The number of epoxide rings is 1. The third-order valence-electron chi connectivity index (χ3n) is 21.9. The predicted octanol–water partition coefficient (Wildman–Crippen LogP) is 0.519. The molecule has 428 valence electrons. The number of nitrogens with one attached hydrogen (secondary N) is 1. The van der Waals surface area contributed by atoms with E-state index in [1.807, 2.05) is 13.0 Å². The van der Waals surface area contributed by atoms with E-state index in [9.17, 15) is 60.7 Å². The molecule has 0 radical (unpaired) electrons. The van der Waals surface area contributed by atoms with Gasteiger partial charge in [0.2, 0.25) is 0 Å². The fraction of sp³-hybridized carbons (Fsp3) is 0.855. The van der Waals surface area contributed by atoms with Crippen molar-refractivity contribution in [2.45, 2.75) is 216 Å². The maximum absolute atomic E-state index is 13.8. The number of ether oxygens (including phenoxy) is 8. The van der Waals surface area contributed by atoms with Crippen LogP contribution in [-0.4, -0.2) is 206 Å². The standard InChI is InChI=1S/C55H83NO20/c1-49(2)30-13-16-53(6)31(17-35-55(76-35)32-18-50(3,24-59)36(20-52(32,5)33(60)19-54(53,55)7)73-45(68)25-11-9-10-12-26(25)56-8)51(30,4)15-14-34(49)74-48-44(75-47-43(67)41(65)38(62)28(22-58)71-47)39(63)29(23-69-48)72-46-42(66)40(64)37(61)27(21-57)70-46/h9-12,24,27-44,46-48,56-58,60-67H,13-23H2,1-8H3. The van der Waals surface area contributed by atoms with E-state index in [1.165, 1.54) is 0 Å². The topological polar surface area (TPSA) is 326 Å². The van der Waals surface area contributed by atoms with Crippen molar-refractivity contribution >= 4 is 17.9 Å². The van der Waals surface area contributed by atoms with Gasteiger partial charge in [0.1, 0.15) is 85.1 Å². The molecule has 9 fully saturated rings. The molecule has 4 heterocycles. The van der Waals surface area contributed by atoms with Gasteiger partial charge in [-0.3, -0.25) is 0 Å². The molecule has 0 bridgehead atoms. The Morgan fingerprint density at radius 3 is 1.95 bits per heavy atom. The highest BCUT2D eigenvalue weighted by Gasteiger charge is 2.86. The molecule has 0 aromatic heterocycles. The molecule has 4 aliphatic heterocycles. The molecule has 21 heteroatoms. The Labute approximate surface area is 443 Å². The summed E-state index contributed by atoms with van der Waals surface area (Å²) in [5, 5.41) is 112.